The van der Waals surface area contributed by atoms with Crippen molar-refractivity contribution in [2.75, 3.05) is 36.3 Å². The van der Waals surface area contributed by atoms with Crippen molar-refractivity contribution in [1.82, 2.24) is 4.90 Å². The predicted octanol–water partition coefficient (Wildman–Crippen LogP) is 1.17. The third-order valence-electron chi connectivity index (χ3n) is 2.67. The summed E-state index contributed by atoms with van der Waals surface area (Å²) in [6, 6.07) is 5.01. The first-order valence-corrected chi connectivity index (χ1v) is 6.84. The Morgan fingerprint density at radius 2 is 2.30 bits per heavy atom. The zero-order valence-electron chi connectivity index (χ0n) is 10.9. The average molecular weight is 318 g/mol. The van der Waals surface area contributed by atoms with Crippen LogP contribution in [-0.4, -0.2) is 42.0 Å². The van der Waals surface area contributed by atoms with E-state index in [0.29, 0.717) is 28.8 Å². The summed E-state index contributed by atoms with van der Waals surface area (Å²) in [5, 5.41) is 2.70. The van der Waals surface area contributed by atoms with Crippen LogP contribution in [0.15, 0.2) is 18.2 Å². The first-order valence-electron chi connectivity index (χ1n) is 5.69. The molecular formula is C12H16ClN3O3S. The van der Waals surface area contributed by atoms with Crippen LogP contribution in [0.3, 0.4) is 0 Å². The number of halogens is 1. The van der Waals surface area contributed by atoms with Crippen LogP contribution in [0.5, 0.6) is 5.75 Å². The molecule has 6 nitrogen and oxygen atoms in total. The first-order chi connectivity index (χ1) is 9.10. The van der Waals surface area contributed by atoms with Crippen molar-refractivity contribution >= 4 is 47.4 Å². The molecule has 1 aliphatic rings. The van der Waals surface area contributed by atoms with Crippen molar-refractivity contribution in [3.05, 3.63) is 18.2 Å². The molecule has 2 amide bonds. The van der Waals surface area contributed by atoms with Gasteiger partial charge in [-0.15, -0.1) is 24.2 Å². The number of carbonyl (C=O) groups excluding carboxylic acids is 2. The molecule has 0 atom stereocenters. The maximum Gasteiger partial charge on any atom is 0.244 e. The fourth-order valence-corrected chi connectivity index (χ4v) is 2.63. The SMILES string of the molecule is COc1ccc(NC(=O)CN2CSCC2=O)cc1N.Cl. The van der Waals surface area contributed by atoms with Crippen molar-refractivity contribution in [3.63, 3.8) is 0 Å². The lowest BCUT2D eigenvalue weighted by Crippen LogP contribution is -2.34. The molecule has 0 bridgehead atoms. The van der Waals surface area contributed by atoms with E-state index in [1.807, 2.05) is 0 Å². The van der Waals surface area contributed by atoms with Crippen molar-refractivity contribution in [1.29, 1.82) is 0 Å². The predicted molar refractivity (Wildman–Crippen MR) is 82.3 cm³/mol. The number of rotatable bonds is 4. The van der Waals surface area contributed by atoms with Gasteiger partial charge in [-0.25, -0.2) is 0 Å². The van der Waals surface area contributed by atoms with E-state index < -0.39 is 0 Å². The maximum atomic E-state index is 11.8. The molecule has 20 heavy (non-hydrogen) atoms. The maximum absolute atomic E-state index is 11.8. The normalized spacial score (nSPS) is 13.8. The minimum absolute atomic E-state index is 0. The average Bonchev–Trinajstić information content (AvgIpc) is 2.75. The minimum Gasteiger partial charge on any atom is -0.495 e. The molecule has 1 aromatic rings. The van der Waals surface area contributed by atoms with Crippen LogP contribution in [0.25, 0.3) is 0 Å². The highest BCUT2D eigenvalue weighted by Gasteiger charge is 2.22. The highest BCUT2D eigenvalue weighted by Crippen LogP contribution is 2.24. The Bertz CT molecular complexity index is 513. The summed E-state index contributed by atoms with van der Waals surface area (Å²) in [7, 11) is 1.53. The number of thioether (sulfide) groups is 1. The Morgan fingerprint density at radius 3 is 2.85 bits per heavy atom. The molecule has 1 fully saturated rings. The van der Waals surface area contributed by atoms with E-state index in [2.05, 4.69) is 5.32 Å². The van der Waals surface area contributed by atoms with Gasteiger partial charge in [0.15, 0.2) is 0 Å². The summed E-state index contributed by atoms with van der Waals surface area (Å²) in [4.78, 5) is 24.7. The number of benzene rings is 1. The zero-order chi connectivity index (χ0) is 13.8. The van der Waals surface area contributed by atoms with Crippen LogP contribution in [0.1, 0.15) is 0 Å². The highest BCUT2D eigenvalue weighted by molar-refractivity contribution is 8.00. The number of nitrogen functional groups attached to an aromatic ring is 1. The number of hydrogen-bond donors (Lipinski definition) is 2. The second-order valence-corrected chi connectivity index (χ2v) is 5.03. The molecule has 0 spiro atoms. The Morgan fingerprint density at radius 1 is 1.55 bits per heavy atom. The summed E-state index contributed by atoms with van der Waals surface area (Å²) < 4.78 is 5.03. The fraction of sp³-hybridized carbons (Fsp3) is 0.333. The molecule has 1 heterocycles. The van der Waals surface area contributed by atoms with Crippen LogP contribution in [-0.2, 0) is 9.59 Å². The molecule has 0 aliphatic carbocycles. The van der Waals surface area contributed by atoms with Gasteiger partial charge in [0, 0.05) is 5.69 Å². The lowest BCUT2D eigenvalue weighted by atomic mass is 10.2. The van der Waals surface area contributed by atoms with Gasteiger partial charge in [0.2, 0.25) is 11.8 Å². The Balaban J connectivity index is 0.00000200. The largest absolute Gasteiger partial charge is 0.495 e. The number of hydrogen-bond acceptors (Lipinski definition) is 5. The number of amides is 2. The van der Waals surface area contributed by atoms with E-state index in [9.17, 15) is 9.59 Å². The topological polar surface area (TPSA) is 84.7 Å². The van der Waals surface area contributed by atoms with Gasteiger partial charge in [-0.05, 0) is 18.2 Å². The first kappa shape index (κ1) is 16.5. The molecule has 0 aromatic heterocycles. The quantitative estimate of drug-likeness (QED) is 0.814. The van der Waals surface area contributed by atoms with Gasteiger partial charge >= 0.3 is 0 Å². The smallest absolute Gasteiger partial charge is 0.244 e. The minimum atomic E-state index is -0.236. The lowest BCUT2D eigenvalue weighted by molar-refractivity contribution is -0.130. The Labute approximate surface area is 127 Å². The van der Waals surface area contributed by atoms with E-state index in [1.165, 1.54) is 23.8 Å². The summed E-state index contributed by atoms with van der Waals surface area (Å²) in [6.45, 7) is 0.0672. The number of anilines is 2. The third-order valence-corrected chi connectivity index (χ3v) is 3.62. The molecular weight excluding hydrogens is 302 g/mol. The summed E-state index contributed by atoms with van der Waals surface area (Å²) >= 11 is 1.51. The van der Waals surface area contributed by atoms with E-state index >= 15 is 0 Å². The van der Waals surface area contributed by atoms with Crippen molar-refractivity contribution in [3.8, 4) is 5.75 Å². The standard InChI is InChI=1S/C12H15N3O3S.ClH/c1-18-10-3-2-8(4-9(10)13)14-11(16)5-15-7-19-6-12(15)17;/h2-4H,5-7,13H2,1H3,(H,14,16);1H. The van der Waals surface area contributed by atoms with Crippen LogP contribution in [0.4, 0.5) is 11.4 Å². The van der Waals surface area contributed by atoms with Gasteiger partial charge < -0.3 is 20.7 Å². The lowest BCUT2D eigenvalue weighted by Gasteiger charge is -2.14. The number of ether oxygens (including phenoxy) is 1. The van der Waals surface area contributed by atoms with E-state index in [4.69, 9.17) is 10.5 Å². The Hall–Kier alpha value is -1.60. The van der Waals surface area contributed by atoms with Crippen LogP contribution in [0, 0.1) is 0 Å². The van der Waals surface area contributed by atoms with E-state index in [-0.39, 0.29) is 30.8 Å². The van der Waals surface area contributed by atoms with Crippen molar-refractivity contribution < 1.29 is 14.3 Å². The monoisotopic (exact) mass is 317 g/mol. The van der Waals surface area contributed by atoms with Gasteiger partial charge in [0.05, 0.1) is 24.4 Å². The number of nitrogens with one attached hydrogen (secondary N) is 1. The molecule has 2 rings (SSSR count). The number of methoxy groups -OCH3 is 1. The molecule has 3 N–H and O–H groups in total. The molecule has 1 aliphatic heterocycles. The molecule has 0 saturated carbocycles. The molecule has 1 aromatic carbocycles. The second kappa shape index (κ2) is 7.25. The van der Waals surface area contributed by atoms with Crippen LogP contribution >= 0.6 is 24.2 Å². The molecule has 0 unspecified atom stereocenters. The summed E-state index contributed by atoms with van der Waals surface area (Å²) in [5.74, 6) is 1.33. The Kier molecular flexibility index (Phi) is 5.97. The highest BCUT2D eigenvalue weighted by atomic mass is 35.5. The number of nitrogens with two attached hydrogens (primary N) is 1. The van der Waals surface area contributed by atoms with E-state index in [1.54, 1.807) is 18.2 Å². The molecule has 8 heteroatoms. The van der Waals surface area contributed by atoms with Gasteiger partial charge in [-0.1, -0.05) is 0 Å². The van der Waals surface area contributed by atoms with Crippen molar-refractivity contribution in [2.45, 2.75) is 0 Å². The molecule has 110 valence electrons. The van der Waals surface area contributed by atoms with Crippen LogP contribution < -0.4 is 15.8 Å². The molecule has 1 saturated heterocycles. The van der Waals surface area contributed by atoms with Gasteiger partial charge in [-0.3, -0.25) is 9.59 Å². The van der Waals surface area contributed by atoms with Crippen molar-refractivity contribution in [2.24, 2.45) is 0 Å². The third kappa shape index (κ3) is 3.94. The zero-order valence-corrected chi connectivity index (χ0v) is 12.6. The summed E-state index contributed by atoms with van der Waals surface area (Å²) in [5.41, 5.74) is 6.79. The molecule has 0 radical (unpaired) electrons. The number of nitrogens with zero attached hydrogens (tertiary/aromatic N) is 1. The summed E-state index contributed by atoms with van der Waals surface area (Å²) in [6.07, 6.45) is 0. The number of carbonyl (C=O) groups is 2. The van der Waals surface area contributed by atoms with Crippen LogP contribution in [0.2, 0.25) is 0 Å². The van der Waals surface area contributed by atoms with Gasteiger partial charge in [0.25, 0.3) is 0 Å². The van der Waals surface area contributed by atoms with Gasteiger partial charge in [0.1, 0.15) is 12.3 Å². The van der Waals surface area contributed by atoms with E-state index in [0.717, 1.165) is 0 Å². The van der Waals surface area contributed by atoms with Gasteiger partial charge in [-0.2, -0.15) is 0 Å². The fourth-order valence-electron chi connectivity index (χ4n) is 1.73. The second-order valence-electron chi connectivity index (χ2n) is 4.07.